The molecule has 0 radical (unpaired) electrons. The highest BCUT2D eigenvalue weighted by molar-refractivity contribution is 7.99. The van der Waals surface area contributed by atoms with Gasteiger partial charge < -0.3 is 10.1 Å². The number of hydrogen-bond acceptors (Lipinski definition) is 6. The minimum Gasteiger partial charge on any atom is -0.406 e. The topological polar surface area (TPSA) is 81.9 Å². The summed E-state index contributed by atoms with van der Waals surface area (Å²) in [5, 5.41) is 13.8. The molecule has 0 atom stereocenters. The number of benzene rings is 2. The quantitative estimate of drug-likeness (QED) is 0.493. The average molecular weight is 413 g/mol. The second-order valence-electron chi connectivity index (χ2n) is 5.26. The highest BCUT2D eigenvalue weighted by Crippen LogP contribution is 2.25. The van der Waals surface area contributed by atoms with Crippen molar-refractivity contribution >= 4 is 23.4 Å². The van der Waals surface area contributed by atoms with E-state index < -0.39 is 18.1 Å². The monoisotopic (exact) mass is 413 g/mol. The number of amides is 1. The van der Waals surface area contributed by atoms with Crippen molar-refractivity contribution in [3.63, 3.8) is 0 Å². The molecule has 2 aromatic carbocycles. The van der Waals surface area contributed by atoms with Gasteiger partial charge in [-0.25, -0.2) is 4.39 Å². The molecule has 0 bridgehead atoms. The van der Waals surface area contributed by atoms with Gasteiger partial charge in [0, 0.05) is 5.69 Å². The molecule has 7 nitrogen and oxygen atoms in total. The number of carbonyl (C=O) groups is 1. The molecule has 0 saturated carbocycles. The van der Waals surface area contributed by atoms with E-state index in [4.69, 9.17) is 0 Å². The summed E-state index contributed by atoms with van der Waals surface area (Å²) in [6.07, 6.45) is -4.79. The molecule has 3 aromatic rings. The first kappa shape index (κ1) is 19.6. The van der Waals surface area contributed by atoms with Crippen molar-refractivity contribution in [1.29, 1.82) is 0 Å². The summed E-state index contributed by atoms with van der Waals surface area (Å²) in [6, 6.07) is 10.4. The number of aromatic nitrogens is 4. The maximum Gasteiger partial charge on any atom is 0.573 e. The summed E-state index contributed by atoms with van der Waals surface area (Å²) >= 11 is 1.00. The van der Waals surface area contributed by atoms with E-state index >= 15 is 0 Å². The lowest BCUT2D eigenvalue weighted by Crippen LogP contribution is -2.17. The number of tetrazole rings is 1. The minimum absolute atomic E-state index is 0.0633. The Kier molecular flexibility index (Phi) is 5.78. The van der Waals surface area contributed by atoms with Gasteiger partial charge >= 0.3 is 6.36 Å². The Hall–Kier alpha value is -3.15. The first-order chi connectivity index (χ1) is 13.3. The van der Waals surface area contributed by atoms with Crippen LogP contribution >= 0.6 is 11.8 Å². The third-order valence-corrected chi connectivity index (χ3v) is 4.12. The van der Waals surface area contributed by atoms with Crippen molar-refractivity contribution in [2.75, 3.05) is 11.1 Å². The molecular formula is C16H11F4N5O2S. The zero-order valence-electron chi connectivity index (χ0n) is 13.9. The average Bonchev–Trinajstić information content (AvgIpc) is 3.08. The summed E-state index contributed by atoms with van der Waals surface area (Å²) in [4.78, 5) is 12.0. The largest absolute Gasteiger partial charge is 0.573 e. The standard InChI is InChI=1S/C16H11F4N5O2S/c17-10-2-1-3-11(8-10)21-14(26)9-28-15-22-23-24-25(15)12-4-6-13(7-5-12)27-16(18,19)20/h1-8H,9H2,(H,21,26). The lowest BCUT2D eigenvalue weighted by Gasteiger charge is -2.09. The van der Waals surface area contributed by atoms with Crippen molar-refractivity contribution in [2.45, 2.75) is 11.5 Å². The molecule has 0 unspecified atom stereocenters. The fourth-order valence-electron chi connectivity index (χ4n) is 2.11. The van der Waals surface area contributed by atoms with E-state index in [0.29, 0.717) is 11.4 Å². The van der Waals surface area contributed by atoms with Crippen LogP contribution in [0.2, 0.25) is 0 Å². The predicted molar refractivity (Wildman–Crippen MR) is 91.6 cm³/mol. The molecule has 0 aliphatic rings. The van der Waals surface area contributed by atoms with Crippen LogP contribution < -0.4 is 10.1 Å². The van der Waals surface area contributed by atoms with E-state index in [1.165, 1.54) is 35.0 Å². The summed E-state index contributed by atoms with van der Waals surface area (Å²) in [7, 11) is 0. The number of anilines is 1. The van der Waals surface area contributed by atoms with Gasteiger partial charge in [-0.2, -0.15) is 4.68 Å². The van der Waals surface area contributed by atoms with E-state index in [1.807, 2.05) is 0 Å². The van der Waals surface area contributed by atoms with E-state index in [2.05, 4.69) is 25.6 Å². The Bertz CT molecular complexity index is 962. The predicted octanol–water partition coefficient (Wildman–Crippen LogP) is 3.43. The van der Waals surface area contributed by atoms with Gasteiger partial charge in [-0.05, 0) is 52.9 Å². The smallest absolute Gasteiger partial charge is 0.406 e. The highest BCUT2D eigenvalue weighted by Gasteiger charge is 2.31. The van der Waals surface area contributed by atoms with Crippen LogP contribution in [0, 0.1) is 5.82 Å². The Balaban J connectivity index is 1.63. The van der Waals surface area contributed by atoms with E-state index in [9.17, 15) is 22.4 Å². The van der Waals surface area contributed by atoms with E-state index in [-0.39, 0.29) is 16.7 Å². The van der Waals surface area contributed by atoms with Crippen molar-refractivity contribution in [3.8, 4) is 11.4 Å². The van der Waals surface area contributed by atoms with Crippen LogP contribution in [0.1, 0.15) is 0 Å². The van der Waals surface area contributed by atoms with E-state index in [1.54, 1.807) is 6.07 Å². The summed E-state index contributed by atoms with van der Waals surface area (Å²) in [5.74, 6) is -1.33. The number of nitrogens with one attached hydrogen (secondary N) is 1. The molecule has 1 heterocycles. The van der Waals surface area contributed by atoms with Crippen LogP contribution in [0.25, 0.3) is 5.69 Å². The van der Waals surface area contributed by atoms with Gasteiger partial charge in [0.2, 0.25) is 11.1 Å². The lowest BCUT2D eigenvalue weighted by molar-refractivity contribution is -0.274. The first-order valence-electron chi connectivity index (χ1n) is 7.63. The van der Waals surface area contributed by atoms with Gasteiger partial charge in [-0.3, -0.25) is 4.79 Å². The van der Waals surface area contributed by atoms with Crippen molar-refractivity contribution in [2.24, 2.45) is 0 Å². The van der Waals surface area contributed by atoms with Crippen molar-refractivity contribution < 1.29 is 27.1 Å². The van der Waals surface area contributed by atoms with Gasteiger partial charge in [0.1, 0.15) is 11.6 Å². The molecule has 1 amide bonds. The van der Waals surface area contributed by atoms with E-state index in [0.717, 1.165) is 23.9 Å². The number of thioether (sulfide) groups is 1. The van der Waals surface area contributed by atoms with Crippen LogP contribution in [0.3, 0.4) is 0 Å². The number of rotatable bonds is 6. The fourth-order valence-corrected chi connectivity index (χ4v) is 2.80. The number of ether oxygens (including phenoxy) is 1. The van der Waals surface area contributed by atoms with Crippen LogP contribution in [0.4, 0.5) is 23.2 Å². The van der Waals surface area contributed by atoms with Crippen LogP contribution in [0.5, 0.6) is 5.75 Å². The van der Waals surface area contributed by atoms with Gasteiger partial charge in [0.05, 0.1) is 11.4 Å². The number of alkyl halides is 3. The minimum atomic E-state index is -4.79. The third-order valence-electron chi connectivity index (χ3n) is 3.20. The second-order valence-corrected chi connectivity index (χ2v) is 6.20. The Labute approximate surface area is 159 Å². The molecule has 0 saturated heterocycles. The molecule has 28 heavy (non-hydrogen) atoms. The maximum atomic E-state index is 13.1. The van der Waals surface area contributed by atoms with Crippen molar-refractivity contribution in [3.05, 3.63) is 54.3 Å². The summed E-state index contributed by atoms with van der Waals surface area (Å²) in [5.41, 5.74) is 0.693. The molecular weight excluding hydrogens is 402 g/mol. The maximum absolute atomic E-state index is 13.1. The van der Waals surface area contributed by atoms with Crippen LogP contribution in [-0.4, -0.2) is 38.2 Å². The van der Waals surface area contributed by atoms with Gasteiger partial charge in [-0.1, -0.05) is 17.8 Å². The molecule has 1 aromatic heterocycles. The van der Waals surface area contributed by atoms with Crippen molar-refractivity contribution in [1.82, 2.24) is 20.2 Å². The van der Waals surface area contributed by atoms with Crippen LogP contribution in [0.15, 0.2) is 53.7 Å². The van der Waals surface area contributed by atoms with Gasteiger partial charge in [0.15, 0.2) is 0 Å². The Morgan fingerprint density at radius 2 is 1.93 bits per heavy atom. The summed E-state index contributed by atoms with van der Waals surface area (Å²) < 4.78 is 54.8. The number of nitrogens with zero attached hydrogens (tertiary/aromatic N) is 4. The summed E-state index contributed by atoms with van der Waals surface area (Å²) in [6.45, 7) is 0. The Morgan fingerprint density at radius 3 is 2.61 bits per heavy atom. The first-order valence-corrected chi connectivity index (χ1v) is 8.61. The molecule has 12 heteroatoms. The molecule has 0 aliphatic heterocycles. The number of carbonyl (C=O) groups excluding carboxylic acids is 1. The zero-order valence-corrected chi connectivity index (χ0v) is 14.7. The van der Waals surface area contributed by atoms with Crippen LogP contribution in [-0.2, 0) is 4.79 Å². The zero-order chi connectivity index (χ0) is 20.1. The van der Waals surface area contributed by atoms with Gasteiger partial charge in [0.25, 0.3) is 0 Å². The number of hydrogen-bond donors (Lipinski definition) is 1. The normalized spacial score (nSPS) is 11.3. The second kappa shape index (κ2) is 8.25. The Morgan fingerprint density at radius 1 is 1.18 bits per heavy atom. The molecule has 0 aliphatic carbocycles. The molecule has 0 fully saturated rings. The van der Waals surface area contributed by atoms with Gasteiger partial charge in [-0.15, -0.1) is 18.3 Å². The molecule has 146 valence electrons. The number of halogens is 4. The molecule has 0 spiro atoms. The SMILES string of the molecule is O=C(CSc1nnnn1-c1ccc(OC(F)(F)F)cc1)Nc1cccc(F)c1. The third kappa shape index (κ3) is 5.42. The highest BCUT2D eigenvalue weighted by atomic mass is 32.2. The fraction of sp³-hybridized carbons (Fsp3) is 0.125. The lowest BCUT2D eigenvalue weighted by atomic mass is 10.3. The molecule has 3 rings (SSSR count). The molecule has 1 N–H and O–H groups in total.